The SMILES string of the molecule is C[C@H](Oc1ccc(F)cc1Cl)C(=O)N1CCNCC1. The van der Waals surface area contributed by atoms with Crippen LogP contribution in [0.1, 0.15) is 6.92 Å². The molecular formula is C13H16ClFN2O2. The maximum Gasteiger partial charge on any atom is 0.263 e. The molecule has 4 nitrogen and oxygen atoms in total. The Morgan fingerprint density at radius 3 is 2.79 bits per heavy atom. The lowest BCUT2D eigenvalue weighted by Gasteiger charge is -2.29. The van der Waals surface area contributed by atoms with Crippen molar-refractivity contribution >= 4 is 17.5 Å². The van der Waals surface area contributed by atoms with Crippen molar-refractivity contribution in [2.45, 2.75) is 13.0 Å². The minimum Gasteiger partial charge on any atom is -0.479 e. The van der Waals surface area contributed by atoms with Crippen LogP contribution in [-0.2, 0) is 4.79 Å². The van der Waals surface area contributed by atoms with Crippen molar-refractivity contribution in [1.82, 2.24) is 10.2 Å². The van der Waals surface area contributed by atoms with Crippen LogP contribution in [0, 0.1) is 5.82 Å². The van der Waals surface area contributed by atoms with Crippen LogP contribution in [0.15, 0.2) is 18.2 Å². The van der Waals surface area contributed by atoms with Crippen LogP contribution >= 0.6 is 11.6 Å². The number of benzene rings is 1. The fraction of sp³-hybridized carbons (Fsp3) is 0.462. The van der Waals surface area contributed by atoms with Crippen molar-refractivity contribution in [3.05, 3.63) is 29.0 Å². The van der Waals surface area contributed by atoms with E-state index in [-0.39, 0.29) is 10.9 Å². The lowest BCUT2D eigenvalue weighted by atomic mass is 10.2. The summed E-state index contributed by atoms with van der Waals surface area (Å²) in [6.07, 6.45) is -0.638. The summed E-state index contributed by atoms with van der Waals surface area (Å²) in [5, 5.41) is 3.34. The summed E-state index contributed by atoms with van der Waals surface area (Å²) in [4.78, 5) is 13.9. The first-order valence-electron chi connectivity index (χ1n) is 6.19. The van der Waals surface area contributed by atoms with Gasteiger partial charge < -0.3 is 15.0 Å². The maximum atomic E-state index is 12.9. The largest absolute Gasteiger partial charge is 0.479 e. The molecule has 19 heavy (non-hydrogen) atoms. The standard InChI is InChI=1S/C13H16ClFN2O2/c1-9(13(18)17-6-4-16-5-7-17)19-12-3-2-10(15)8-11(12)14/h2-3,8-9,16H,4-7H2,1H3/t9-/m0/s1. The molecule has 1 N–H and O–H groups in total. The highest BCUT2D eigenvalue weighted by atomic mass is 35.5. The third-order valence-corrected chi connectivity index (χ3v) is 3.27. The zero-order valence-electron chi connectivity index (χ0n) is 10.7. The van der Waals surface area contributed by atoms with Gasteiger partial charge in [0.1, 0.15) is 11.6 Å². The number of carbonyl (C=O) groups excluding carboxylic acids is 1. The van der Waals surface area contributed by atoms with Gasteiger partial charge in [-0.25, -0.2) is 4.39 Å². The van der Waals surface area contributed by atoms with E-state index in [0.29, 0.717) is 18.8 Å². The van der Waals surface area contributed by atoms with Crippen molar-refractivity contribution in [3.8, 4) is 5.75 Å². The molecule has 0 radical (unpaired) electrons. The second kappa shape index (κ2) is 6.21. The van der Waals surface area contributed by atoms with Gasteiger partial charge in [0.05, 0.1) is 5.02 Å². The number of hydrogen-bond acceptors (Lipinski definition) is 3. The molecular weight excluding hydrogens is 271 g/mol. The summed E-state index contributed by atoms with van der Waals surface area (Å²) in [7, 11) is 0. The molecule has 1 aliphatic rings. The average molecular weight is 287 g/mol. The quantitative estimate of drug-likeness (QED) is 0.919. The molecule has 1 aliphatic heterocycles. The van der Waals surface area contributed by atoms with Gasteiger partial charge in [-0.3, -0.25) is 4.79 Å². The van der Waals surface area contributed by atoms with E-state index < -0.39 is 11.9 Å². The maximum absolute atomic E-state index is 12.9. The Labute approximate surface area is 116 Å². The van der Waals surface area contributed by atoms with E-state index in [9.17, 15) is 9.18 Å². The van der Waals surface area contributed by atoms with E-state index in [2.05, 4.69) is 5.32 Å². The first-order chi connectivity index (χ1) is 9.08. The van der Waals surface area contributed by atoms with E-state index >= 15 is 0 Å². The first-order valence-corrected chi connectivity index (χ1v) is 6.57. The van der Waals surface area contributed by atoms with Crippen LogP contribution in [0.5, 0.6) is 5.75 Å². The fourth-order valence-electron chi connectivity index (χ4n) is 1.95. The van der Waals surface area contributed by atoms with E-state index in [1.165, 1.54) is 18.2 Å². The zero-order chi connectivity index (χ0) is 13.8. The third-order valence-electron chi connectivity index (χ3n) is 2.97. The van der Waals surface area contributed by atoms with E-state index in [0.717, 1.165) is 13.1 Å². The molecule has 1 fully saturated rings. The van der Waals surface area contributed by atoms with Crippen molar-refractivity contribution in [2.75, 3.05) is 26.2 Å². The van der Waals surface area contributed by atoms with Crippen LogP contribution in [0.2, 0.25) is 5.02 Å². The van der Waals surface area contributed by atoms with Gasteiger partial charge >= 0.3 is 0 Å². The summed E-state index contributed by atoms with van der Waals surface area (Å²) in [6, 6.07) is 3.85. The number of piperazine rings is 1. The number of rotatable bonds is 3. The Morgan fingerprint density at radius 1 is 1.47 bits per heavy atom. The topological polar surface area (TPSA) is 41.6 Å². The van der Waals surface area contributed by atoms with Crippen LogP contribution < -0.4 is 10.1 Å². The van der Waals surface area contributed by atoms with Crippen molar-refractivity contribution in [3.63, 3.8) is 0 Å². The zero-order valence-corrected chi connectivity index (χ0v) is 11.4. The number of hydrogen-bond donors (Lipinski definition) is 1. The molecule has 1 saturated heterocycles. The van der Waals surface area contributed by atoms with Gasteiger partial charge in [0, 0.05) is 26.2 Å². The molecule has 0 bridgehead atoms. The molecule has 1 heterocycles. The molecule has 0 spiro atoms. The Balaban J connectivity index is 1.99. The van der Waals surface area contributed by atoms with Crippen LogP contribution in [0.25, 0.3) is 0 Å². The summed E-state index contributed by atoms with van der Waals surface area (Å²) in [5.41, 5.74) is 0. The summed E-state index contributed by atoms with van der Waals surface area (Å²) in [6.45, 7) is 4.59. The monoisotopic (exact) mass is 286 g/mol. The van der Waals surface area contributed by atoms with Crippen molar-refractivity contribution in [1.29, 1.82) is 0 Å². The van der Waals surface area contributed by atoms with Crippen LogP contribution in [-0.4, -0.2) is 43.1 Å². The Morgan fingerprint density at radius 2 is 2.16 bits per heavy atom. The second-order valence-corrected chi connectivity index (χ2v) is 4.82. The van der Waals surface area contributed by atoms with Crippen molar-refractivity contribution in [2.24, 2.45) is 0 Å². The van der Waals surface area contributed by atoms with Gasteiger partial charge in [0.2, 0.25) is 0 Å². The molecule has 6 heteroatoms. The van der Waals surface area contributed by atoms with Gasteiger partial charge in [0.25, 0.3) is 5.91 Å². The molecule has 2 rings (SSSR count). The summed E-state index contributed by atoms with van der Waals surface area (Å²) >= 11 is 5.86. The molecule has 0 aliphatic carbocycles. The Hall–Kier alpha value is -1.33. The predicted octanol–water partition coefficient (Wildman–Crippen LogP) is 1.68. The highest BCUT2D eigenvalue weighted by Gasteiger charge is 2.23. The number of carbonyl (C=O) groups is 1. The molecule has 0 unspecified atom stereocenters. The average Bonchev–Trinajstić information content (AvgIpc) is 2.42. The normalized spacial score (nSPS) is 17.1. The third kappa shape index (κ3) is 3.58. The van der Waals surface area contributed by atoms with E-state index in [1.807, 2.05) is 0 Å². The lowest BCUT2D eigenvalue weighted by Crippen LogP contribution is -2.50. The summed E-state index contributed by atoms with van der Waals surface area (Å²) in [5.74, 6) is -0.195. The number of nitrogens with one attached hydrogen (secondary N) is 1. The van der Waals surface area contributed by atoms with Crippen molar-refractivity contribution < 1.29 is 13.9 Å². The molecule has 1 aromatic carbocycles. The Kier molecular flexibility index (Phi) is 4.61. The van der Waals surface area contributed by atoms with Crippen LogP contribution in [0.4, 0.5) is 4.39 Å². The highest BCUT2D eigenvalue weighted by Crippen LogP contribution is 2.26. The van der Waals surface area contributed by atoms with Gasteiger partial charge in [-0.15, -0.1) is 0 Å². The molecule has 0 aromatic heterocycles. The van der Waals surface area contributed by atoms with Gasteiger partial charge in [-0.2, -0.15) is 0 Å². The van der Waals surface area contributed by atoms with Crippen LogP contribution in [0.3, 0.4) is 0 Å². The minimum absolute atomic E-state index is 0.0816. The van der Waals surface area contributed by atoms with Gasteiger partial charge in [-0.05, 0) is 25.1 Å². The molecule has 1 atom stereocenters. The Bertz CT molecular complexity index is 464. The van der Waals surface area contributed by atoms with Gasteiger partial charge in [-0.1, -0.05) is 11.6 Å². The highest BCUT2D eigenvalue weighted by molar-refractivity contribution is 6.32. The van der Waals surface area contributed by atoms with E-state index in [1.54, 1.807) is 11.8 Å². The molecule has 1 aromatic rings. The summed E-state index contributed by atoms with van der Waals surface area (Å²) < 4.78 is 18.4. The fourth-order valence-corrected chi connectivity index (χ4v) is 2.17. The minimum atomic E-state index is -0.638. The van der Waals surface area contributed by atoms with E-state index in [4.69, 9.17) is 16.3 Å². The predicted molar refractivity (Wildman–Crippen MR) is 70.9 cm³/mol. The number of nitrogens with zero attached hydrogens (tertiary/aromatic N) is 1. The first kappa shape index (κ1) is 14.1. The second-order valence-electron chi connectivity index (χ2n) is 4.41. The van der Waals surface area contributed by atoms with Gasteiger partial charge in [0.15, 0.2) is 6.10 Å². The number of amides is 1. The number of ether oxygens (including phenoxy) is 1. The molecule has 104 valence electrons. The molecule has 1 amide bonds. The lowest BCUT2D eigenvalue weighted by molar-refractivity contribution is -0.138. The number of halogens is 2. The molecule has 0 saturated carbocycles. The smallest absolute Gasteiger partial charge is 0.263 e.